The SMILES string of the molecule is Cc1ccc(C)c(C(O)COCCOC(C)(C)C)c1. The van der Waals surface area contributed by atoms with E-state index < -0.39 is 6.10 Å². The zero-order valence-corrected chi connectivity index (χ0v) is 12.7. The number of aliphatic hydroxyl groups excluding tert-OH is 1. The lowest BCUT2D eigenvalue weighted by Gasteiger charge is -2.20. The normalized spacial score (nSPS) is 13.6. The van der Waals surface area contributed by atoms with Crippen molar-refractivity contribution in [3.05, 3.63) is 34.9 Å². The van der Waals surface area contributed by atoms with Crippen molar-refractivity contribution in [3.63, 3.8) is 0 Å². The fourth-order valence-electron chi connectivity index (χ4n) is 1.81. The van der Waals surface area contributed by atoms with Crippen molar-refractivity contribution in [2.24, 2.45) is 0 Å². The maximum absolute atomic E-state index is 10.1. The first-order valence-corrected chi connectivity index (χ1v) is 6.76. The smallest absolute Gasteiger partial charge is 0.103 e. The molecule has 0 aliphatic rings. The van der Waals surface area contributed by atoms with E-state index in [0.717, 1.165) is 16.7 Å². The third-order valence-corrected chi connectivity index (χ3v) is 2.83. The molecular weight excluding hydrogens is 240 g/mol. The summed E-state index contributed by atoms with van der Waals surface area (Å²) in [4.78, 5) is 0. The van der Waals surface area contributed by atoms with Gasteiger partial charge in [-0.15, -0.1) is 0 Å². The van der Waals surface area contributed by atoms with Crippen LogP contribution in [0.1, 0.15) is 43.6 Å². The van der Waals surface area contributed by atoms with Gasteiger partial charge in [-0.1, -0.05) is 23.8 Å². The van der Waals surface area contributed by atoms with Gasteiger partial charge in [-0.3, -0.25) is 0 Å². The summed E-state index contributed by atoms with van der Waals surface area (Å²) in [6.45, 7) is 11.4. The lowest BCUT2D eigenvalue weighted by atomic mass is 10.0. The number of ether oxygens (including phenoxy) is 2. The van der Waals surface area contributed by atoms with E-state index in [-0.39, 0.29) is 5.60 Å². The summed E-state index contributed by atoms with van der Waals surface area (Å²) >= 11 is 0. The van der Waals surface area contributed by atoms with E-state index in [1.54, 1.807) is 0 Å². The predicted molar refractivity (Wildman–Crippen MR) is 77.4 cm³/mol. The zero-order chi connectivity index (χ0) is 14.5. The molecule has 0 bridgehead atoms. The molecule has 0 aliphatic heterocycles. The molecule has 3 nitrogen and oxygen atoms in total. The molecule has 1 rings (SSSR count). The van der Waals surface area contributed by atoms with Crippen LogP contribution in [0.3, 0.4) is 0 Å². The van der Waals surface area contributed by atoms with Gasteiger partial charge in [0.25, 0.3) is 0 Å². The van der Waals surface area contributed by atoms with Crippen molar-refractivity contribution in [2.45, 2.75) is 46.3 Å². The minimum atomic E-state index is -0.575. The second-order valence-electron chi connectivity index (χ2n) is 5.91. The Morgan fingerprint density at radius 3 is 2.47 bits per heavy atom. The Balaban J connectivity index is 2.35. The van der Waals surface area contributed by atoms with Gasteiger partial charge in [-0.2, -0.15) is 0 Å². The van der Waals surface area contributed by atoms with Crippen LogP contribution in [0.4, 0.5) is 0 Å². The van der Waals surface area contributed by atoms with Gasteiger partial charge < -0.3 is 14.6 Å². The van der Waals surface area contributed by atoms with Crippen molar-refractivity contribution in [3.8, 4) is 0 Å². The van der Waals surface area contributed by atoms with E-state index in [0.29, 0.717) is 19.8 Å². The summed E-state index contributed by atoms with van der Waals surface area (Å²) in [6, 6.07) is 6.08. The molecule has 0 fully saturated rings. The second kappa shape index (κ2) is 7.04. The van der Waals surface area contributed by atoms with Crippen LogP contribution in [0.15, 0.2) is 18.2 Å². The van der Waals surface area contributed by atoms with Crippen molar-refractivity contribution in [1.29, 1.82) is 0 Å². The monoisotopic (exact) mass is 266 g/mol. The summed E-state index contributed by atoms with van der Waals surface area (Å²) in [7, 11) is 0. The molecule has 0 aliphatic carbocycles. The van der Waals surface area contributed by atoms with E-state index in [1.165, 1.54) is 0 Å². The Kier molecular flexibility index (Phi) is 5.98. The molecule has 1 aromatic rings. The van der Waals surface area contributed by atoms with Crippen molar-refractivity contribution in [1.82, 2.24) is 0 Å². The summed E-state index contributed by atoms with van der Waals surface area (Å²) in [5.74, 6) is 0. The summed E-state index contributed by atoms with van der Waals surface area (Å²) in [6.07, 6.45) is -0.575. The number of benzene rings is 1. The van der Waals surface area contributed by atoms with E-state index in [9.17, 15) is 5.11 Å². The highest BCUT2D eigenvalue weighted by atomic mass is 16.5. The Labute approximate surface area is 116 Å². The minimum Gasteiger partial charge on any atom is -0.386 e. The number of rotatable bonds is 6. The maximum Gasteiger partial charge on any atom is 0.103 e. The Hall–Kier alpha value is -0.900. The molecule has 0 amide bonds. The Morgan fingerprint density at radius 2 is 1.84 bits per heavy atom. The molecule has 1 unspecified atom stereocenters. The second-order valence-corrected chi connectivity index (χ2v) is 5.91. The van der Waals surface area contributed by atoms with Gasteiger partial charge in [0.15, 0.2) is 0 Å². The molecule has 3 heteroatoms. The zero-order valence-electron chi connectivity index (χ0n) is 12.7. The molecule has 0 aromatic heterocycles. The van der Waals surface area contributed by atoms with Crippen LogP contribution in [0, 0.1) is 13.8 Å². The van der Waals surface area contributed by atoms with Gasteiger partial charge in [-0.25, -0.2) is 0 Å². The van der Waals surface area contributed by atoms with Gasteiger partial charge in [-0.05, 0) is 45.7 Å². The maximum atomic E-state index is 10.1. The van der Waals surface area contributed by atoms with Gasteiger partial charge in [0, 0.05) is 0 Å². The van der Waals surface area contributed by atoms with E-state index >= 15 is 0 Å². The molecule has 0 saturated heterocycles. The topological polar surface area (TPSA) is 38.7 Å². The van der Waals surface area contributed by atoms with Crippen LogP contribution < -0.4 is 0 Å². The standard InChI is InChI=1S/C16H26O3/c1-12-6-7-13(2)14(10-12)15(17)11-18-8-9-19-16(3,4)5/h6-7,10,15,17H,8-9,11H2,1-5H3. The van der Waals surface area contributed by atoms with Crippen LogP contribution in [0.2, 0.25) is 0 Å². The predicted octanol–water partition coefficient (Wildman–Crippen LogP) is 3.17. The van der Waals surface area contributed by atoms with Crippen molar-refractivity contribution in [2.75, 3.05) is 19.8 Å². The summed E-state index contributed by atoms with van der Waals surface area (Å²) in [5.41, 5.74) is 3.04. The number of hydrogen-bond acceptors (Lipinski definition) is 3. The highest BCUT2D eigenvalue weighted by Crippen LogP contribution is 2.19. The van der Waals surface area contributed by atoms with Crippen molar-refractivity contribution >= 4 is 0 Å². The van der Waals surface area contributed by atoms with E-state index in [4.69, 9.17) is 9.47 Å². The summed E-state index contributed by atoms with van der Waals surface area (Å²) in [5, 5.41) is 10.1. The summed E-state index contributed by atoms with van der Waals surface area (Å²) < 4.78 is 11.0. The third-order valence-electron chi connectivity index (χ3n) is 2.83. The number of aliphatic hydroxyl groups is 1. The molecule has 1 N–H and O–H groups in total. The van der Waals surface area contributed by atoms with Crippen LogP contribution in [0.5, 0.6) is 0 Å². The average molecular weight is 266 g/mol. The van der Waals surface area contributed by atoms with E-state index in [1.807, 2.05) is 52.8 Å². The minimum absolute atomic E-state index is 0.144. The molecule has 0 saturated carbocycles. The first-order valence-electron chi connectivity index (χ1n) is 6.76. The van der Waals surface area contributed by atoms with Gasteiger partial charge in [0.1, 0.15) is 6.10 Å². The van der Waals surface area contributed by atoms with Crippen LogP contribution in [-0.4, -0.2) is 30.5 Å². The van der Waals surface area contributed by atoms with Crippen molar-refractivity contribution < 1.29 is 14.6 Å². The quantitative estimate of drug-likeness (QED) is 0.804. The fourth-order valence-corrected chi connectivity index (χ4v) is 1.81. The lowest BCUT2D eigenvalue weighted by Crippen LogP contribution is -2.22. The highest BCUT2D eigenvalue weighted by molar-refractivity contribution is 5.32. The van der Waals surface area contributed by atoms with E-state index in [2.05, 4.69) is 0 Å². The van der Waals surface area contributed by atoms with Gasteiger partial charge in [0.05, 0.1) is 25.4 Å². The Bertz CT molecular complexity index is 393. The fraction of sp³-hybridized carbons (Fsp3) is 0.625. The van der Waals surface area contributed by atoms with Gasteiger partial charge in [0.2, 0.25) is 0 Å². The molecule has 0 spiro atoms. The molecular formula is C16H26O3. The van der Waals surface area contributed by atoms with Crippen LogP contribution in [0.25, 0.3) is 0 Å². The highest BCUT2D eigenvalue weighted by Gasteiger charge is 2.12. The largest absolute Gasteiger partial charge is 0.386 e. The van der Waals surface area contributed by atoms with Crippen LogP contribution in [-0.2, 0) is 9.47 Å². The number of aryl methyl sites for hydroxylation is 2. The molecule has 1 aromatic carbocycles. The number of hydrogen-bond donors (Lipinski definition) is 1. The Morgan fingerprint density at radius 1 is 1.16 bits per heavy atom. The molecule has 0 heterocycles. The molecule has 19 heavy (non-hydrogen) atoms. The van der Waals surface area contributed by atoms with Crippen LogP contribution >= 0.6 is 0 Å². The first kappa shape index (κ1) is 16.2. The third kappa shape index (κ3) is 6.19. The molecule has 0 radical (unpaired) electrons. The first-order chi connectivity index (χ1) is 8.79. The lowest BCUT2D eigenvalue weighted by molar-refractivity contribution is -0.0478. The molecule has 1 atom stereocenters. The average Bonchev–Trinajstić information content (AvgIpc) is 2.30. The molecule has 108 valence electrons. The van der Waals surface area contributed by atoms with Gasteiger partial charge >= 0.3 is 0 Å².